The summed E-state index contributed by atoms with van der Waals surface area (Å²) in [5.41, 5.74) is 21.5. The highest BCUT2D eigenvalue weighted by atomic mass is 28.3. The van der Waals surface area contributed by atoms with Crippen molar-refractivity contribution in [2.75, 3.05) is 0 Å². The minimum Gasteiger partial charge on any atom is -0.436 e. The van der Waals surface area contributed by atoms with Crippen LogP contribution in [0.1, 0.15) is 0 Å². The molecule has 0 aliphatic carbocycles. The number of hydrogen-bond acceptors (Lipinski definition) is 4. The summed E-state index contributed by atoms with van der Waals surface area (Å²) in [5.74, 6) is 1.21. The molecule has 12 aromatic carbocycles. The zero-order chi connectivity index (χ0) is 52.9. The number of benzene rings is 12. The first kappa shape index (κ1) is 44.4. The summed E-state index contributed by atoms with van der Waals surface area (Å²) in [5, 5.41) is 9.97. The lowest BCUT2D eigenvalue weighted by atomic mass is 9.95. The van der Waals surface area contributed by atoms with Crippen molar-refractivity contribution in [2.45, 2.75) is 0 Å². The van der Waals surface area contributed by atoms with Crippen molar-refractivity contribution >= 4 is 94.6 Å². The summed E-state index contributed by atoms with van der Waals surface area (Å²) in [6.45, 7) is 0. The van der Waals surface area contributed by atoms with Gasteiger partial charge in [0.25, 0.3) is 0 Å². The predicted octanol–water partition coefficient (Wildman–Crippen LogP) is 16.2. The third kappa shape index (κ3) is 6.10. The minimum absolute atomic E-state index is 0.603. The fourth-order valence-electron chi connectivity index (χ4n) is 14.3. The van der Waals surface area contributed by atoms with E-state index >= 15 is 0 Å². The van der Waals surface area contributed by atoms with Crippen molar-refractivity contribution in [1.29, 1.82) is 0 Å². The first-order valence-electron chi connectivity index (χ1n) is 27.6. The average molecular weight is 1050 g/mol. The van der Waals surface area contributed by atoms with Gasteiger partial charge in [-0.2, -0.15) is 0 Å². The Kier molecular flexibility index (Phi) is 9.16. The Hall–Kier alpha value is -10.6. The number of fused-ring (bicyclic) bond motifs is 18. The van der Waals surface area contributed by atoms with Gasteiger partial charge >= 0.3 is 0 Å². The molecule has 0 N–H and O–H groups in total. The molecule has 376 valence electrons. The van der Waals surface area contributed by atoms with Crippen molar-refractivity contribution < 1.29 is 8.83 Å². The molecule has 0 amide bonds. The van der Waals surface area contributed by atoms with Crippen LogP contribution >= 0.6 is 0 Å². The quantitative estimate of drug-likeness (QED) is 0.156. The molecule has 0 fully saturated rings. The molecular formula is C74H44N4O2Si. The molecule has 6 nitrogen and oxygen atoms in total. The number of rotatable bonds is 6. The Morgan fingerprint density at radius 1 is 0.272 bits per heavy atom. The van der Waals surface area contributed by atoms with Gasteiger partial charge in [-0.15, -0.1) is 0 Å². The Balaban J connectivity index is 0.996. The third-order valence-electron chi connectivity index (χ3n) is 17.4. The molecule has 2 aliphatic rings. The largest absolute Gasteiger partial charge is 0.436 e. The summed E-state index contributed by atoms with van der Waals surface area (Å²) < 4.78 is 18.7. The van der Waals surface area contributed by atoms with E-state index in [9.17, 15) is 0 Å². The molecule has 16 aromatic rings. The van der Waals surface area contributed by atoms with Gasteiger partial charge in [-0.25, -0.2) is 9.97 Å². The van der Waals surface area contributed by atoms with Gasteiger partial charge in [-0.1, -0.05) is 170 Å². The highest BCUT2D eigenvalue weighted by molar-refractivity contribution is 7.26. The SMILES string of the molecule is c1ccc(-n2c3ccccc3c3cc(-c4cccc5c4[Si]4(c6c(-c7ccc8c(c7)c7ccccc7n8-c7ccccc7)cccc6-5)c5c(-c6nc7ccccc7o6)cccc5-c5cccc(-c6nc7ccccc7o6)c54)ccc32)cc1. The van der Waals surface area contributed by atoms with Gasteiger partial charge in [0.1, 0.15) is 11.0 Å². The van der Waals surface area contributed by atoms with E-state index < -0.39 is 8.07 Å². The predicted molar refractivity (Wildman–Crippen MR) is 334 cm³/mol. The van der Waals surface area contributed by atoms with E-state index in [1.165, 1.54) is 86.7 Å². The number of aromatic nitrogens is 4. The lowest BCUT2D eigenvalue weighted by Crippen LogP contribution is -2.72. The molecule has 0 radical (unpaired) electrons. The summed E-state index contributed by atoms with van der Waals surface area (Å²) in [6.07, 6.45) is 0. The molecule has 4 aromatic heterocycles. The van der Waals surface area contributed by atoms with E-state index in [1.54, 1.807) is 0 Å². The average Bonchev–Trinajstić information content (AvgIpc) is 4.56. The molecule has 2 aliphatic heterocycles. The van der Waals surface area contributed by atoms with E-state index in [4.69, 9.17) is 18.8 Å². The number of para-hydroxylation sites is 8. The molecular weight excluding hydrogens is 1000 g/mol. The zero-order valence-electron chi connectivity index (χ0n) is 43.5. The molecule has 81 heavy (non-hydrogen) atoms. The van der Waals surface area contributed by atoms with Crippen LogP contribution in [0.4, 0.5) is 0 Å². The van der Waals surface area contributed by atoms with Crippen molar-refractivity contribution in [2.24, 2.45) is 0 Å². The summed E-state index contributed by atoms with van der Waals surface area (Å²) in [6, 6.07) is 97.2. The van der Waals surface area contributed by atoms with Crippen LogP contribution in [0.15, 0.2) is 276 Å². The number of oxazole rings is 2. The van der Waals surface area contributed by atoms with Gasteiger partial charge in [0, 0.05) is 44.0 Å². The molecule has 0 bridgehead atoms. The lowest BCUT2D eigenvalue weighted by molar-refractivity contribution is 0.620. The Morgan fingerprint density at radius 2 is 0.617 bits per heavy atom. The van der Waals surface area contributed by atoms with Crippen molar-refractivity contribution in [1.82, 2.24) is 19.1 Å². The second-order valence-corrected chi connectivity index (χ2v) is 25.0. The van der Waals surface area contributed by atoms with Gasteiger partial charge in [0.05, 0.1) is 22.1 Å². The second-order valence-electron chi connectivity index (χ2n) is 21.5. The number of hydrogen-bond donors (Lipinski definition) is 0. The maximum absolute atomic E-state index is 6.97. The van der Waals surface area contributed by atoms with E-state index in [0.29, 0.717) is 11.8 Å². The number of nitrogens with zero attached hydrogens (tertiary/aromatic N) is 4. The maximum Gasteiger partial charge on any atom is 0.227 e. The van der Waals surface area contributed by atoms with Crippen molar-refractivity contribution in [3.8, 4) is 78.8 Å². The standard InChI is InChI=1S/C74H44N4O2Si/c1-3-19-47(20-4-1)77-63-35-11-7-23-51(63)59-43-45(39-41-65(59)77)49-25-15-27-53-54-28-16-26-50(46-40-42-66-60(44-46)52-24-8-12-36-64(52)78(66)48-21-5-2-6-22-48)70(54)81(69(49)53)71-55(29-17-31-57(71)73-75-61-33-9-13-37-67(61)79-73)56-30-18-32-58(72(56)81)74-76-62-34-10-14-38-68(62)80-74/h1-44H. The smallest absolute Gasteiger partial charge is 0.227 e. The fraction of sp³-hybridized carbons (Fsp3) is 0. The topological polar surface area (TPSA) is 61.9 Å². The van der Waals surface area contributed by atoms with Gasteiger partial charge in [-0.05, 0) is 162 Å². The van der Waals surface area contributed by atoms with Crippen molar-refractivity contribution in [3.63, 3.8) is 0 Å². The Labute approximate surface area is 465 Å². The molecule has 18 rings (SSSR count). The van der Waals surface area contributed by atoms with Crippen LogP contribution < -0.4 is 20.7 Å². The van der Waals surface area contributed by atoms with E-state index in [1.807, 2.05) is 48.5 Å². The summed E-state index contributed by atoms with van der Waals surface area (Å²) in [7, 11) is -3.71. The highest BCUT2D eigenvalue weighted by Gasteiger charge is 2.59. The second kappa shape index (κ2) is 16.7. The van der Waals surface area contributed by atoms with Gasteiger partial charge in [0.15, 0.2) is 19.2 Å². The monoisotopic (exact) mass is 1050 g/mol. The lowest BCUT2D eigenvalue weighted by Gasteiger charge is -2.33. The van der Waals surface area contributed by atoms with Gasteiger partial charge in [-0.3, -0.25) is 0 Å². The van der Waals surface area contributed by atoms with E-state index in [2.05, 4.69) is 228 Å². The highest BCUT2D eigenvalue weighted by Crippen LogP contribution is 2.47. The van der Waals surface area contributed by atoms with E-state index in [0.717, 1.165) is 66.9 Å². The molecule has 0 saturated carbocycles. The minimum atomic E-state index is -3.71. The third-order valence-corrected chi connectivity index (χ3v) is 22.5. The van der Waals surface area contributed by atoms with Crippen LogP contribution in [0.5, 0.6) is 0 Å². The fourth-order valence-corrected chi connectivity index (χ4v) is 20.7. The first-order valence-corrected chi connectivity index (χ1v) is 29.6. The molecule has 7 heteroatoms. The van der Waals surface area contributed by atoms with Crippen LogP contribution in [-0.2, 0) is 0 Å². The van der Waals surface area contributed by atoms with Crippen molar-refractivity contribution in [3.05, 3.63) is 267 Å². The molecule has 0 atom stereocenters. The first-order chi connectivity index (χ1) is 40.2. The Morgan fingerprint density at radius 3 is 1.05 bits per heavy atom. The zero-order valence-corrected chi connectivity index (χ0v) is 44.5. The maximum atomic E-state index is 6.97. The molecule has 0 unspecified atom stereocenters. The van der Waals surface area contributed by atoms with Crippen LogP contribution in [0.2, 0.25) is 0 Å². The Bertz CT molecular complexity index is 4920. The normalized spacial score (nSPS) is 13.0. The summed E-state index contributed by atoms with van der Waals surface area (Å²) in [4.78, 5) is 10.7. The van der Waals surface area contributed by atoms with E-state index in [-0.39, 0.29) is 0 Å². The molecule has 1 spiro atoms. The van der Waals surface area contributed by atoms with Crippen LogP contribution in [0, 0.1) is 0 Å². The van der Waals surface area contributed by atoms with Crippen LogP contribution in [-0.4, -0.2) is 27.2 Å². The molecule has 0 saturated heterocycles. The van der Waals surface area contributed by atoms with Gasteiger partial charge < -0.3 is 18.0 Å². The summed E-state index contributed by atoms with van der Waals surface area (Å²) >= 11 is 0. The van der Waals surface area contributed by atoms with Crippen LogP contribution in [0.3, 0.4) is 0 Å². The van der Waals surface area contributed by atoms with Crippen LogP contribution in [0.25, 0.3) is 145 Å². The van der Waals surface area contributed by atoms with Gasteiger partial charge in [0.2, 0.25) is 11.8 Å². The molecule has 6 heterocycles.